The van der Waals surface area contributed by atoms with Crippen molar-refractivity contribution in [3.63, 3.8) is 0 Å². The molecule has 0 spiro atoms. The molecule has 0 amide bonds. The van der Waals surface area contributed by atoms with Crippen LogP contribution in [0.4, 0.5) is 0 Å². The van der Waals surface area contributed by atoms with Crippen LogP contribution < -0.4 is 4.74 Å². The van der Waals surface area contributed by atoms with Crippen LogP contribution in [-0.2, 0) is 6.42 Å². The van der Waals surface area contributed by atoms with Gasteiger partial charge in [0.1, 0.15) is 5.75 Å². The molecule has 0 aliphatic carbocycles. The second-order valence-electron chi connectivity index (χ2n) is 5.09. The second kappa shape index (κ2) is 6.38. The van der Waals surface area contributed by atoms with Crippen LogP contribution in [0.15, 0.2) is 24.3 Å². The molecule has 0 radical (unpaired) electrons. The summed E-state index contributed by atoms with van der Waals surface area (Å²) < 4.78 is 5.55. The fraction of sp³-hybridized carbons (Fsp3) is 0.571. The van der Waals surface area contributed by atoms with Gasteiger partial charge in [-0.15, -0.1) is 0 Å². The Morgan fingerprint density at radius 1 is 1.28 bits per heavy atom. The summed E-state index contributed by atoms with van der Waals surface area (Å²) in [7, 11) is 0. The van der Waals surface area contributed by atoms with Crippen molar-refractivity contribution in [3.05, 3.63) is 39.9 Å². The number of nitrogens with zero attached hydrogens (tertiary/aromatic N) is 1. The molecular formula is C14H21NO3. The number of unbranched alkanes of at least 4 members (excludes halogenated alkanes) is 1. The number of rotatable bonds is 7. The smallest absolute Gasteiger partial charge is 0.220 e. The highest BCUT2D eigenvalue weighted by Gasteiger charge is 2.30. The minimum Gasteiger partial charge on any atom is -0.494 e. The molecule has 0 bridgehead atoms. The number of nitro groups is 1. The minimum atomic E-state index is -0.926. The highest BCUT2D eigenvalue weighted by atomic mass is 16.6. The lowest BCUT2D eigenvalue weighted by Crippen LogP contribution is -2.33. The van der Waals surface area contributed by atoms with E-state index in [4.69, 9.17) is 4.74 Å². The van der Waals surface area contributed by atoms with Gasteiger partial charge in [0.25, 0.3) is 0 Å². The summed E-state index contributed by atoms with van der Waals surface area (Å²) in [5, 5.41) is 10.8. The maximum atomic E-state index is 10.8. The lowest BCUT2D eigenvalue weighted by atomic mass is 9.96. The minimum absolute atomic E-state index is 0.237. The van der Waals surface area contributed by atoms with Crippen LogP contribution >= 0.6 is 0 Å². The summed E-state index contributed by atoms with van der Waals surface area (Å²) >= 11 is 0. The molecule has 4 heteroatoms. The lowest BCUT2D eigenvalue weighted by molar-refractivity contribution is -0.560. The van der Waals surface area contributed by atoms with E-state index in [1.165, 1.54) is 0 Å². The normalized spacial score (nSPS) is 11.3. The van der Waals surface area contributed by atoms with Crippen molar-refractivity contribution in [1.29, 1.82) is 0 Å². The van der Waals surface area contributed by atoms with E-state index in [0.29, 0.717) is 6.42 Å². The van der Waals surface area contributed by atoms with Gasteiger partial charge in [0.2, 0.25) is 5.54 Å². The van der Waals surface area contributed by atoms with E-state index < -0.39 is 5.54 Å². The van der Waals surface area contributed by atoms with E-state index in [9.17, 15) is 10.1 Å². The summed E-state index contributed by atoms with van der Waals surface area (Å²) in [5.74, 6) is 0.825. The molecule has 0 N–H and O–H groups in total. The first-order valence-electron chi connectivity index (χ1n) is 6.32. The van der Waals surface area contributed by atoms with Gasteiger partial charge in [-0.3, -0.25) is 10.1 Å². The third-order valence-corrected chi connectivity index (χ3v) is 2.82. The Kier molecular flexibility index (Phi) is 5.13. The van der Waals surface area contributed by atoms with Crippen molar-refractivity contribution in [2.24, 2.45) is 0 Å². The predicted octanol–water partition coefficient (Wildman–Crippen LogP) is 3.46. The molecule has 0 aromatic heterocycles. The number of benzene rings is 1. The molecule has 0 saturated carbocycles. The van der Waals surface area contributed by atoms with E-state index in [1.54, 1.807) is 13.8 Å². The van der Waals surface area contributed by atoms with Crippen molar-refractivity contribution in [2.75, 3.05) is 6.61 Å². The summed E-state index contributed by atoms with van der Waals surface area (Å²) in [4.78, 5) is 10.6. The zero-order chi connectivity index (χ0) is 13.6. The lowest BCUT2D eigenvalue weighted by Gasteiger charge is -2.15. The molecule has 0 fully saturated rings. The molecule has 100 valence electrons. The summed E-state index contributed by atoms with van der Waals surface area (Å²) in [6.45, 7) is 6.11. The average Bonchev–Trinajstić information content (AvgIpc) is 2.31. The first kappa shape index (κ1) is 14.5. The monoisotopic (exact) mass is 251 g/mol. The van der Waals surface area contributed by atoms with Crippen LogP contribution in [0, 0.1) is 10.1 Å². The first-order chi connectivity index (χ1) is 8.45. The molecule has 0 aliphatic rings. The molecule has 0 unspecified atom stereocenters. The Bertz CT molecular complexity index is 385. The Morgan fingerprint density at radius 2 is 1.89 bits per heavy atom. The first-order valence-corrected chi connectivity index (χ1v) is 6.32. The van der Waals surface area contributed by atoms with Crippen molar-refractivity contribution in [2.45, 2.75) is 45.6 Å². The Balaban J connectivity index is 2.57. The molecule has 0 saturated heterocycles. The van der Waals surface area contributed by atoms with Crippen LogP contribution in [0.25, 0.3) is 0 Å². The molecule has 18 heavy (non-hydrogen) atoms. The maximum absolute atomic E-state index is 10.8. The van der Waals surface area contributed by atoms with Gasteiger partial charge < -0.3 is 4.74 Å². The van der Waals surface area contributed by atoms with E-state index in [-0.39, 0.29) is 4.92 Å². The van der Waals surface area contributed by atoms with Gasteiger partial charge in [-0.2, -0.15) is 0 Å². The highest BCUT2D eigenvalue weighted by molar-refractivity contribution is 5.28. The molecular weight excluding hydrogens is 230 g/mol. The summed E-state index contributed by atoms with van der Waals surface area (Å²) in [6, 6.07) is 7.54. The molecule has 0 heterocycles. The van der Waals surface area contributed by atoms with Gasteiger partial charge in [0, 0.05) is 25.2 Å². The van der Waals surface area contributed by atoms with Crippen LogP contribution in [0.2, 0.25) is 0 Å². The molecule has 1 aromatic carbocycles. The Labute approximate surface area is 108 Å². The Morgan fingerprint density at radius 3 is 2.39 bits per heavy atom. The molecule has 1 rings (SSSR count). The van der Waals surface area contributed by atoms with Gasteiger partial charge >= 0.3 is 0 Å². The van der Waals surface area contributed by atoms with E-state index in [0.717, 1.165) is 30.8 Å². The van der Waals surface area contributed by atoms with Crippen LogP contribution in [0.5, 0.6) is 5.75 Å². The fourth-order valence-corrected chi connectivity index (χ4v) is 1.60. The van der Waals surface area contributed by atoms with Gasteiger partial charge in [-0.1, -0.05) is 25.5 Å². The molecule has 1 aromatic rings. The van der Waals surface area contributed by atoms with E-state index >= 15 is 0 Å². The van der Waals surface area contributed by atoms with Crippen molar-refractivity contribution in [1.82, 2.24) is 0 Å². The largest absolute Gasteiger partial charge is 0.494 e. The maximum Gasteiger partial charge on any atom is 0.220 e. The van der Waals surface area contributed by atoms with Gasteiger partial charge in [0.15, 0.2) is 0 Å². The standard InChI is InChI=1S/C14H21NO3/c1-4-5-10-18-13-8-6-12(7-9-13)11-14(2,3)15(16)17/h6-9H,4-5,10-11H2,1-3H3. The topological polar surface area (TPSA) is 52.4 Å². The summed E-state index contributed by atoms with van der Waals surface area (Å²) in [5.41, 5.74) is 0.0319. The summed E-state index contributed by atoms with van der Waals surface area (Å²) in [6.07, 6.45) is 2.57. The van der Waals surface area contributed by atoms with Crippen molar-refractivity contribution in [3.8, 4) is 5.75 Å². The number of hydrogen-bond acceptors (Lipinski definition) is 3. The third kappa shape index (κ3) is 4.35. The molecule has 4 nitrogen and oxygen atoms in total. The van der Waals surface area contributed by atoms with Crippen LogP contribution in [0.1, 0.15) is 39.2 Å². The fourth-order valence-electron chi connectivity index (χ4n) is 1.60. The number of hydrogen-bond donors (Lipinski definition) is 0. The molecule has 0 aliphatic heterocycles. The van der Waals surface area contributed by atoms with Crippen LogP contribution in [0.3, 0.4) is 0 Å². The van der Waals surface area contributed by atoms with Crippen molar-refractivity contribution >= 4 is 0 Å². The molecule has 0 atom stereocenters. The third-order valence-electron chi connectivity index (χ3n) is 2.82. The van der Waals surface area contributed by atoms with Crippen molar-refractivity contribution < 1.29 is 9.66 Å². The average molecular weight is 251 g/mol. The van der Waals surface area contributed by atoms with Crippen LogP contribution in [-0.4, -0.2) is 17.1 Å². The number of ether oxygens (including phenoxy) is 1. The van der Waals surface area contributed by atoms with E-state index in [1.807, 2.05) is 24.3 Å². The zero-order valence-corrected chi connectivity index (χ0v) is 11.3. The van der Waals surface area contributed by atoms with E-state index in [2.05, 4.69) is 6.92 Å². The highest BCUT2D eigenvalue weighted by Crippen LogP contribution is 2.19. The zero-order valence-electron chi connectivity index (χ0n) is 11.3. The van der Waals surface area contributed by atoms with Gasteiger partial charge in [-0.25, -0.2) is 0 Å². The predicted molar refractivity (Wildman–Crippen MR) is 71.6 cm³/mol. The Hall–Kier alpha value is -1.58. The van der Waals surface area contributed by atoms with Gasteiger partial charge in [-0.05, 0) is 24.1 Å². The SMILES string of the molecule is CCCCOc1ccc(CC(C)(C)[N+](=O)[O-])cc1. The van der Waals surface area contributed by atoms with Gasteiger partial charge in [0.05, 0.1) is 6.61 Å². The quantitative estimate of drug-likeness (QED) is 0.423. The second-order valence-corrected chi connectivity index (χ2v) is 5.09.